The van der Waals surface area contributed by atoms with E-state index < -0.39 is 5.41 Å². The molecule has 2 aliphatic carbocycles. The van der Waals surface area contributed by atoms with Crippen molar-refractivity contribution in [1.82, 2.24) is 0 Å². The number of fused-ring (bicyclic) bond motifs is 9. The Morgan fingerprint density at radius 2 is 0.867 bits per heavy atom. The van der Waals surface area contributed by atoms with Crippen LogP contribution in [0, 0.1) is 0 Å². The fourth-order valence-electron chi connectivity index (χ4n) is 10.8. The largest absolute Gasteiger partial charge is 0.456 e. The molecule has 1 heterocycles. The van der Waals surface area contributed by atoms with Crippen LogP contribution >= 0.6 is 0 Å². The van der Waals surface area contributed by atoms with Crippen LogP contribution in [0.4, 0.5) is 17.1 Å². The Hall–Kier alpha value is -7.42. The Morgan fingerprint density at radius 1 is 0.367 bits per heavy atom. The molecule has 0 unspecified atom stereocenters. The first kappa shape index (κ1) is 34.6. The predicted octanol–water partition coefficient (Wildman–Crippen LogP) is 15.4. The van der Waals surface area contributed by atoms with E-state index in [1.54, 1.807) is 0 Å². The highest BCUT2D eigenvalue weighted by Gasteiger charge is 2.47. The Morgan fingerprint density at radius 3 is 1.57 bits per heavy atom. The Labute approximate surface area is 350 Å². The van der Waals surface area contributed by atoms with Gasteiger partial charge in [0.05, 0.1) is 22.2 Å². The minimum atomic E-state index is -0.600. The van der Waals surface area contributed by atoms with Crippen molar-refractivity contribution in [2.45, 2.75) is 24.7 Å². The summed E-state index contributed by atoms with van der Waals surface area (Å²) in [5.41, 5.74) is 19.4. The van der Waals surface area contributed by atoms with Gasteiger partial charge in [0.2, 0.25) is 0 Å². The van der Waals surface area contributed by atoms with E-state index in [1.165, 1.54) is 66.8 Å². The third-order valence-corrected chi connectivity index (χ3v) is 13.4. The lowest BCUT2D eigenvalue weighted by Gasteiger charge is -2.34. The molecule has 0 radical (unpaired) electrons. The van der Waals surface area contributed by atoms with Crippen LogP contribution in [0.1, 0.15) is 47.2 Å². The topological polar surface area (TPSA) is 16.4 Å². The quantitative estimate of drug-likeness (QED) is 0.168. The first-order valence-corrected chi connectivity index (χ1v) is 20.9. The molecule has 0 saturated heterocycles. The second kappa shape index (κ2) is 13.0. The number of hydrogen-bond acceptors (Lipinski definition) is 2. The molecule has 0 N–H and O–H groups in total. The van der Waals surface area contributed by atoms with Crippen molar-refractivity contribution in [2.24, 2.45) is 0 Å². The summed E-state index contributed by atoms with van der Waals surface area (Å²) in [6.07, 6.45) is 0. The van der Waals surface area contributed by atoms with Crippen molar-refractivity contribution in [3.05, 3.63) is 246 Å². The minimum Gasteiger partial charge on any atom is -0.456 e. The van der Waals surface area contributed by atoms with Crippen molar-refractivity contribution in [3.63, 3.8) is 0 Å². The molecule has 60 heavy (non-hydrogen) atoms. The lowest BCUT2D eigenvalue weighted by Crippen LogP contribution is -2.28. The molecule has 12 rings (SSSR count). The highest BCUT2D eigenvalue weighted by Crippen LogP contribution is 2.59. The van der Waals surface area contributed by atoms with Crippen LogP contribution in [0.2, 0.25) is 0 Å². The molecule has 2 nitrogen and oxygen atoms in total. The van der Waals surface area contributed by atoms with Gasteiger partial charge < -0.3 is 9.32 Å². The van der Waals surface area contributed by atoms with Gasteiger partial charge in [-0.05, 0) is 97.6 Å². The summed E-state index contributed by atoms with van der Waals surface area (Å²) in [5, 5.41) is 2.22. The zero-order valence-corrected chi connectivity index (χ0v) is 33.6. The monoisotopic (exact) mass is 767 g/mol. The fourth-order valence-corrected chi connectivity index (χ4v) is 10.8. The molecule has 0 saturated carbocycles. The van der Waals surface area contributed by atoms with E-state index in [2.05, 4.69) is 231 Å². The molecule has 2 aliphatic rings. The van der Waals surface area contributed by atoms with E-state index in [-0.39, 0.29) is 5.41 Å². The van der Waals surface area contributed by atoms with E-state index in [9.17, 15) is 0 Å². The van der Waals surface area contributed by atoms with Crippen LogP contribution in [0.3, 0.4) is 0 Å². The number of anilines is 3. The summed E-state index contributed by atoms with van der Waals surface area (Å²) < 4.78 is 7.00. The summed E-state index contributed by atoms with van der Waals surface area (Å²) in [6, 6.07) is 77.8. The van der Waals surface area contributed by atoms with Crippen molar-refractivity contribution in [2.75, 3.05) is 4.90 Å². The number of hydrogen-bond donors (Lipinski definition) is 0. The minimum absolute atomic E-state index is 0.155. The van der Waals surface area contributed by atoms with Crippen molar-refractivity contribution < 1.29 is 4.42 Å². The first-order valence-electron chi connectivity index (χ1n) is 20.9. The number of furan rings is 1. The van der Waals surface area contributed by atoms with Crippen LogP contribution in [-0.2, 0) is 10.8 Å². The lowest BCUT2D eigenvalue weighted by atomic mass is 9.66. The molecule has 10 aromatic rings. The molecular formula is C58H41NO. The molecule has 0 atom stereocenters. The maximum absolute atomic E-state index is 7.00. The van der Waals surface area contributed by atoms with Gasteiger partial charge >= 0.3 is 0 Å². The molecular weight excluding hydrogens is 727 g/mol. The zero-order valence-electron chi connectivity index (χ0n) is 33.6. The third-order valence-electron chi connectivity index (χ3n) is 13.4. The Kier molecular flexibility index (Phi) is 7.52. The molecule has 9 aromatic carbocycles. The highest BCUT2D eigenvalue weighted by atomic mass is 16.3. The van der Waals surface area contributed by atoms with Gasteiger partial charge in [-0.15, -0.1) is 0 Å². The summed E-state index contributed by atoms with van der Waals surface area (Å²) >= 11 is 0. The standard InChI is InChI=1S/C58H41NO/c1-57(2)45-25-12-11-24-44(45)54-48(57)28-15-30-50(54)59(41-36-34-39(35-37-41)38-18-5-3-6-19-38)51-31-17-33-53-56(51)55-49(29-16-32-52(55)60-53)58(40-20-7-4-8-21-40)46-26-13-9-22-42(46)43-23-10-14-27-47(43)58/h3-37H,1-2H3. The zero-order chi connectivity index (χ0) is 40.0. The molecule has 0 aliphatic heterocycles. The van der Waals surface area contributed by atoms with Gasteiger partial charge in [-0.2, -0.15) is 0 Å². The second-order valence-corrected chi connectivity index (χ2v) is 16.8. The summed E-state index contributed by atoms with van der Waals surface area (Å²) in [6.45, 7) is 4.72. The smallest absolute Gasteiger partial charge is 0.137 e. The average molecular weight is 768 g/mol. The van der Waals surface area contributed by atoms with Gasteiger partial charge in [0.15, 0.2) is 0 Å². The Balaban J connectivity index is 1.19. The van der Waals surface area contributed by atoms with Gasteiger partial charge in [0.25, 0.3) is 0 Å². The maximum Gasteiger partial charge on any atom is 0.137 e. The van der Waals surface area contributed by atoms with Crippen LogP contribution in [0.15, 0.2) is 217 Å². The van der Waals surface area contributed by atoms with E-state index in [0.29, 0.717) is 0 Å². The normalized spacial score (nSPS) is 14.1. The van der Waals surface area contributed by atoms with Crippen LogP contribution in [-0.4, -0.2) is 0 Å². The van der Waals surface area contributed by atoms with Crippen molar-refractivity contribution >= 4 is 39.0 Å². The van der Waals surface area contributed by atoms with Crippen LogP contribution < -0.4 is 4.90 Å². The van der Waals surface area contributed by atoms with Gasteiger partial charge in [-0.25, -0.2) is 0 Å². The number of rotatable bonds is 6. The lowest BCUT2D eigenvalue weighted by molar-refractivity contribution is 0.660. The van der Waals surface area contributed by atoms with Crippen LogP contribution in [0.25, 0.3) is 55.3 Å². The molecule has 1 aromatic heterocycles. The van der Waals surface area contributed by atoms with E-state index in [4.69, 9.17) is 4.42 Å². The number of benzene rings is 9. The van der Waals surface area contributed by atoms with E-state index >= 15 is 0 Å². The fraction of sp³-hybridized carbons (Fsp3) is 0.0690. The second-order valence-electron chi connectivity index (χ2n) is 16.8. The molecule has 0 amide bonds. The van der Waals surface area contributed by atoms with Crippen molar-refractivity contribution in [1.29, 1.82) is 0 Å². The average Bonchev–Trinajstić information content (AvgIpc) is 3.92. The predicted molar refractivity (Wildman–Crippen MR) is 249 cm³/mol. The van der Waals surface area contributed by atoms with Gasteiger partial charge in [0.1, 0.15) is 11.2 Å². The molecule has 0 fully saturated rings. The molecule has 284 valence electrons. The third kappa shape index (κ3) is 4.76. The molecule has 2 heteroatoms. The summed E-state index contributed by atoms with van der Waals surface area (Å²) in [5.74, 6) is 0. The maximum atomic E-state index is 7.00. The number of nitrogens with zero attached hydrogens (tertiary/aromatic N) is 1. The summed E-state index contributed by atoms with van der Waals surface area (Å²) in [7, 11) is 0. The van der Waals surface area contributed by atoms with Gasteiger partial charge in [0, 0.05) is 22.1 Å². The highest BCUT2D eigenvalue weighted by molar-refractivity contribution is 6.16. The molecule has 0 bridgehead atoms. The Bertz CT molecular complexity index is 3240. The summed E-state index contributed by atoms with van der Waals surface area (Å²) in [4.78, 5) is 2.49. The molecule has 0 spiro atoms. The van der Waals surface area contributed by atoms with Crippen LogP contribution in [0.5, 0.6) is 0 Å². The first-order chi connectivity index (χ1) is 29.5. The van der Waals surface area contributed by atoms with E-state index in [1.807, 2.05) is 0 Å². The SMILES string of the molecule is CC1(C)c2ccccc2-c2c(N(c3ccc(-c4ccccc4)cc3)c3cccc4oc5cccc(C6(c7ccccc7)c7ccccc7-c7ccccc76)c5c34)cccc21. The van der Waals surface area contributed by atoms with E-state index in [0.717, 1.165) is 39.0 Å². The van der Waals surface area contributed by atoms with Crippen molar-refractivity contribution in [3.8, 4) is 33.4 Å². The van der Waals surface area contributed by atoms with Gasteiger partial charge in [-0.1, -0.05) is 190 Å². The van der Waals surface area contributed by atoms with Gasteiger partial charge in [-0.3, -0.25) is 0 Å².